The van der Waals surface area contributed by atoms with Gasteiger partial charge in [0.1, 0.15) is 16.5 Å². The Bertz CT molecular complexity index is 1690. The number of hydrogen-bond acceptors (Lipinski definition) is 6. The molecule has 0 N–H and O–H groups in total. The van der Waals surface area contributed by atoms with Crippen molar-refractivity contribution in [1.82, 2.24) is 19.4 Å². The second kappa shape index (κ2) is 13.5. The molecule has 0 unspecified atom stereocenters. The van der Waals surface area contributed by atoms with Crippen LogP contribution in [0.25, 0.3) is 22.0 Å². The minimum Gasteiger partial charge on any atom is -0.497 e. The quantitative estimate of drug-likeness (QED) is 0.175. The fourth-order valence-corrected chi connectivity index (χ4v) is 6.59. The molecule has 0 atom stereocenters. The summed E-state index contributed by atoms with van der Waals surface area (Å²) in [5.74, 6) is 1.76. The van der Waals surface area contributed by atoms with E-state index >= 15 is 0 Å². The predicted octanol–water partition coefficient (Wildman–Crippen LogP) is 6.80. The van der Waals surface area contributed by atoms with E-state index in [1.54, 1.807) is 25.6 Å². The standard InChI is InChI=1S/C36H38N4O3S/c1-26-32(36(41)39-21-19-38(20-22-39)24-28-7-5-4-6-8-28)23-34(40(26)18-17-27-9-13-30(42-2)14-10-27)33-25-44-35(37-33)29-11-15-31(43-3)16-12-29/h4-16,23,25H,17-22,24H2,1-3H3. The second-order valence-corrected chi connectivity index (χ2v) is 12.0. The molecule has 3 heterocycles. The number of aryl methyl sites for hydroxylation is 1. The zero-order valence-electron chi connectivity index (χ0n) is 25.5. The van der Waals surface area contributed by atoms with E-state index in [4.69, 9.17) is 14.5 Å². The summed E-state index contributed by atoms with van der Waals surface area (Å²) in [5, 5.41) is 3.03. The van der Waals surface area contributed by atoms with Gasteiger partial charge in [-0.3, -0.25) is 9.69 Å². The SMILES string of the molecule is COc1ccc(CCn2c(-c3csc(-c4ccc(OC)cc4)n3)cc(C(=O)N3CCN(Cc4ccccc4)CC3)c2C)cc1. The Hall–Kier alpha value is -4.40. The normalized spacial score (nSPS) is 13.7. The summed E-state index contributed by atoms with van der Waals surface area (Å²) in [5.41, 5.74) is 7.14. The molecule has 1 saturated heterocycles. The van der Waals surface area contributed by atoms with Crippen LogP contribution in [0.4, 0.5) is 0 Å². The molecular weight excluding hydrogens is 568 g/mol. The molecule has 0 saturated carbocycles. The van der Waals surface area contributed by atoms with E-state index in [1.165, 1.54) is 11.1 Å². The molecule has 8 heteroatoms. The molecule has 5 aromatic rings. The van der Waals surface area contributed by atoms with Gasteiger partial charge in [0.05, 0.1) is 31.2 Å². The van der Waals surface area contributed by atoms with Crippen LogP contribution in [0.5, 0.6) is 11.5 Å². The van der Waals surface area contributed by atoms with Crippen molar-refractivity contribution in [3.05, 3.63) is 113 Å². The summed E-state index contributed by atoms with van der Waals surface area (Å²) in [6.07, 6.45) is 0.827. The van der Waals surface area contributed by atoms with Gasteiger partial charge in [-0.25, -0.2) is 4.98 Å². The van der Waals surface area contributed by atoms with Crippen LogP contribution in [0.15, 0.2) is 90.3 Å². The molecule has 1 aliphatic rings. The Labute approximate surface area is 263 Å². The molecule has 1 amide bonds. The van der Waals surface area contributed by atoms with Crippen LogP contribution in [0.1, 0.15) is 27.2 Å². The van der Waals surface area contributed by atoms with Gasteiger partial charge in [0.2, 0.25) is 0 Å². The highest BCUT2D eigenvalue weighted by Gasteiger charge is 2.27. The predicted molar refractivity (Wildman–Crippen MR) is 177 cm³/mol. The van der Waals surface area contributed by atoms with Crippen molar-refractivity contribution >= 4 is 17.2 Å². The number of carbonyl (C=O) groups is 1. The third-order valence-corrected chi connectivity index (χ3v) is 9.28. The summed E-state index contributed by atoms with van der Waals surface area (Å²) in [6.45, 7) is 6.87. The van der Waals surface area contributed by atoms with Gasteiger partial charge in [0, 0.05) is 55.9 Å². The van der Waals surface area contributed by atoms with Crippen LogP contribution in [-0.2, 0) is 19.5 Å². The zero-order valence-corrected chi connectivity index (χ0v) is 26.3. The van der Waals surface area contributed by atoms with Gasteiger partial charge in [-0.2, -0.15) is 0 Å². The van der Waals surface area contributed by atoms with Crippen molar-refractivity contribution in [3.8, 4) is 33.5 Å². The highest BCUT2D eigenvalue weighted by molar-refractivity contribution is 7.13. The number of rotatable bonds is 10. The van der Waals surface area contributed by atoms with Gasteiger partial charge >= 0.3 is 0 Å². The lowest BCUT2D eigenvalue weighted by Gasteiger charge is -2.34. The number of carbonyl (C=O) groups excluding carboxylic acids is 1. The molecule has 226 valence electrons. The Morgan fingerprint density at radius 3 is 2.16 bits per heavy atom. The van der Waals surface area contributed by atoms with E-state index in [0.717, 1.165) is 90.4 Å². The topological polar surface area (TPSA) is 59.8 Å². The molecule has 1 aliphatic heterocycles. The number of thiazole rings is 1. The van der Waals surface area contributed by atoms with Gasteiger partial charge in [-0.1, -0.05) is 42.5 Å². The lowest BCUT2D eigenvalue weighted by atomic mass is 10.1. The van der Waals surface area contributed by atoms with Crippen LogP contribution < -0.4 is 9.47 Å². The van der Waals surface area contributed by atoms with Crippen molar-refractivity contribution in [3.63, 3.8) is 0 Å². The Morgan fingerprint density at radius 1 is 0.841 bits per heavy atom. The number of benzene rings is 3. The molecule has 44 heavy (non-hydrogen) atoms. The van der Waals surface area contributed by atoms with Crippen molar-refractivity contribution < 1.29 is 14.3 Å². The van der Waals surface area contributed by atoms with Gasteiger partial charge in [-0.05, 0) is 66.9 Å². The largest absolute Gasteiger partial charge is 0.497 e. The number of piperazine rings is 1. The maximum absolute atomic E-state index is 14.0. The fourth-order valence-electron chi connectivity index (χ4n) is 5.77. The summed E-state index contributed by atoms with van der Waals surface area (Å²) in [4.78, 5) is 23.4. The third-order valence-electron chi connectivity index (χ3n) is 8.39. The van der Waals surface area contributed by atoms with Crippen molar-refractivity contribution in [2.75, 3.05) is 40.4 Å². The highest BCUT2D eigenvalue weighted by atomic mass is 32.1. The lowest BCUT2D eigenvalue weighted by Crippen LogP contribution is -2.48. The van der Waals surface area contributed by atoms with Crippen LogP contribution >= 0.6 is 11.3 Å². The molecule has 0 spiro atoms. The summed E-state index contributed by atoms with van der Waals surface area (Å²) in [6, 6.07) is 28.7. The first-order valence-corrected chi connectivity index (χ1v) is 15.9. The summed E-state index contributed by atoms with van der Waals surface area (Å²) >= 11 is 1.61. The first-order chi connectivity index (χ1) is 21.5. The van der Waals surface area contributed by atoms with Gasteiger partial charge in [-0.15, -0.1) is 11.3 Å². The smallest absolute Gasteiger partial charge is 0.255 e. The first kappa shape index (κ1) is 29.7. The number of hydrogen-bond donors (Lipinski definition) is 0. The Balaban J connectivity index is 1.24. The fraction of sp³-hybridized carbons (Fsp3) is 0.278. The summed E-state index contributed by atoms with van der Waals surface area (Å²) in [7, 11) is 3.35. The van der Waals surface area contributed by atoms with E-state index in [1.807, 2.05) is 47.4 Å². The van der Waals surface area contributed by atoms with E-state index in [9.17, 15) is 4.79 Å². The Kier molecular flexibility index (Phi) is 9.09. The second-order valence-electron chi connectivity index (χ2n) is 11.1. The van der Waals surface area contributed by atoms with Crippen LogP contribution in [0, 0.1) is 6.92 Å². The molecule has 3 aromatic carbocycles. The van der Waals surface area contributed by atoms with Gasteiger partial charge in [0.15, 0.2) is 0 Å². The molecule has 0 bridgehead atoms. The van der Waals surface area contributed by atoms with E-state index in [0.29, 0.717) is 0 Å². The number of nitrogens with zero attached hydrogens (tertiary/aromatic N) is 4. The molecule has 2 aromatic heterocycles. The molecule has 0 radical (unpaired) electrons. The molecule has 0 aliphatic carbocycles. The monoisotopic (exact) mass is 606 g/mol. The first-order valence-electron chi connectivity index (χ1n) is 15.0. The Morgan fingerprint density at radius 2 is 1.50 bits per heavy atom. The van der Waals surface area contributed by atoms with E-state index < -0.39 is 0 Å². The van der Waals surface area contributed by atoms with E-state index in [2.05, 4.69) is 64.2 Å². The summed E-state index contributed by atoms with van der Waals surface area (Å²) < 4.78 is 12.9. The van der Waals surface area contributed by atoms with Crippen molar-refractivity contribution in [1.29, 1.82) is 0 Å². The van der Waals surface area contributed by atoms with Crippen molar-refractivity contribution in [2.45, 2.75) is 26.4 Å². The maximum Gasteiger partial charge on any atom is 0.255 e. The third kappa shape index (κ3) is 6.56. The minimum atomic E-state index is 0.0944. The average molecular weight is 607 g/mol. The highest BCUT2D eigenvalue weighted by Crippen LogP contribution is 2.33. The number of ether oxygens (including phenoxy) is 2. The zero-order chi connectivity index (χ0) is 30.5. The average Bonchev–Trinajstić information content (AvgIpc) is 3.69. The number of aromatic nitrogens is 2. The van der Waals surface area contributed by atoms with Crippen LogP contribution in [0.2, 0.25) is 0 Å². The lowest BCUT2D eigenvalue weighted by molar-refractivity contribution is 0.0627. The van der Waals surface area contributed by atoms with E-state index in [-0.39, 0.29) is 5.91 Å². The van der Waals surface area contributed by atoms with Gasteiger partial charge < -0.3 is 18.9 Å². The number of amides is 1. The molecule has 1 fully saturated rings. The van der Waals surface area contributed by atoms with Crippen LogP contribution in [-0.4, -0.2) is 65.7 Å². The maximum atomic E-state index is 14.0. The van der Waals surface area contributed by atoms with Gasteiger partial charge in [0.25, 0.3) is 5.91 Å². The number of methoxy groups -OCH3 is 2. The molecular formula is C36H38N4O3S. The van der Waals surface area contributed by atoms with Crippen LogP contribution in [0.3, 0.4) is 0 Å². The molecule has 6 rings (SSSR count). The molecule has 7 nitrogen and oxygen atoms in total. The van der Waals surface area contributed by atoms with Crippen molar-refractivity contribution in [2.24, 2.45) is 0 Å². The minimum absolute atomic E-state index is 0.0944.